The highest BCUT2D eigenvalue weighted by Gasteiger charge is 2.07. The van der Waals surface area contributed by atoms with Gasteiger partial charge in [0.25, 0.3) is 0 Å². The van der Waals surface area contributed by atoms with Crippen LogP contribution < -0.4 is 5.32 Å². The van der Waals surface area contributed by atoms with Gasteiger partial charge in [0.05, 0.1) is 6.61 Å². The molecule has 1 N–H and O–H groups in total. The molecule has 0 heterocycles. The van der Waals surface area contributed by atoms with Crippen LogP contribution >= 0.6 is 0 Å². The van der Waals surface area contributed by atoms with E-state index in [0.717, 1.165) is 26.2 Å². The predicted octanol–water partition coefficient (Wildman–Crippen LogP) is 2.12. The molecule has 0 radical (unpaired) electrons. The zero-order chi connectivity index (χ0) is 12.2. The van der Waals surface area contributed by atoms with Crippen molar-refractivity contribution in [3.05, 3.63) is 0 Å². The van der Waals surface area contributed by atoms with E-state index in [2.05, 4.69) is 31.0 Å². The van der Waals surface area contributed by atoms with Crippen LogP contribution in [0.5, 0.6) is 0 Å². The van der Waals surface area contributed by atoms with Crippen molar-refractivity contribution in [2.75, 3.05) is 39.9 Å². The second-order valence-corrected chi connectivity index (χ2v) is 4.58. The van der Waals surface area contributed by atoms with Crippen LogP contribution in [0.1, 0.15) is 40.0 Å². The van der Waals surface area contributed by atoms with Crippen molar-refractivity contribution >= 4 is 0 Å². The molecule has 0 bridgehead atoms. The van der Waals surface area contributed by atoms with E-state index < -0.39 is 0 Å². The zero-order valence-corrected chi connectivity index (χ0v) is 11.6. The minimum atomic E-state index is 0.654. The average Bonchev–Trinajstić information content (AvgIpc) is 2.26. The molecule has 0 aliphatic carbocycles. The van der Waals surface area contributed by atoms with E-state index in [-0.39, 0.29) is 0 Å². The first-order chi connectivity index (χ1) is 7.72. The van der Waals surface area contributed by atoms with Crippen LogP contribution in [0.4, 0.5) is 0 Å². The summed E-state index contributed by atoms with van der Waals surface area (Å²) >= 11 is 0. The number of unbranched alkanes of at least 4 members (excludes halogenated alkanes) is 2. The molecule has 0 fully saturated rings. The van der Waals surface area contributed by atoms with Crippen molar-refractivity contribution in [3.63, 3.8) is 0 Å². The molecule has 0 aliphatic heterocycles. The van der Waals surface area contributed by atoms with E-state index >= 15 is 0 Å². The molecule has 0 aromatic heterocycles. The third kappa shape index (κ3) is 9.13. The Morgan fingerprint density at radius 1 is 1.12 bits per heavy atom. The highest BCUT2D eigenvalue weighted by molar-refractivity contribution is 4.64. The summed E-state index contributed by atoms with van der Waals surface area (Å²) in [5.41, 5.74) is 0. The summed E-state index contributed by atoms with van der Waals surface area (Å²) < 4.78 is 5.00. The highest BCUT2D eigenvalue weighted by atomic mass is 16.5. The molecular formula is C13H30N2O. The standard InChI is InChI=1S/C13H30N2O/c1-5-6-7-10-15(13(2)3)11-8-14-9-12-16-4/h13-14H,5-12H2,1-4H3. The molecule has 0 saturated heterocycles. The zero-order valence-electron chi connectivity index (χ0n) is 11.6. The van der Waals surface area contributed by atoms with Crippen LogP contribution in [0, 0.1) is 0 Å². The first-order valence-electron chi connectivity index (χ1n) is 6.66. The van der Waals surface area contributed by atoms with Crippen LogP contribution in [-0.4, -0.2) is 50.8 Å². The molecule has 0 unspecified atom stereocenters. The lowest BCUT2D eigenvalue weighted by atomic mass is 10.2. The van der Waals surface area contributed by atoms with Crippen molar-refractivity contribution in [3.8, 4) is 0 Å². The van der Waals surface area contributed by atoms with Gasteiger partial charge in [0.15, 0.2) is 0 Å². The molecule has 0 saturated carbocycles. The van der Waals surface area contributed by atoms with E-state index in [1.165, 1.54) is 25.8 Å². The van der Waals surface area contributed by atoms with Gasteiger partial charge in [-0.3, -0.25) is 4.90 Å². The van der Waals surface area contributed by atoms with E-state index in [1.54, 1.807) is 7.11 Å². The van der Waals surface area contributed by atoms with Crippen LogP contribution in [0.15, 0.2) is 0 Å². The number of nitrogens with one attached hydrogen (secondary N) is 1. The summed E-state index contributed by atoms with van der Waals surface area (Å²) in [6.07, 6.45) is 3.98. The number of nitrogens with zero attached hydrogens (tertiary/aromatic N) is 1. The van der Waals surface area contributed by atoms with Crippen molar-refractivity contribution in [2.45, 2.75) is 46.1 Å². The van der Waals surface area contributed by atoms with Crippen molar-refractivity contribution in [1.82, 2.24) is 10.2 Å². The maximum Gasteiger partial charge on any atom is 0.0587 e. The summed E-state index contributed by atoms with van der Waals surface area (Å²) in [7, 11) is 1.74. The Hall–Kier alpha value is -0.120. The first kappa shape index (κ1) is 15.9. The Balaban J connectivity index is 3.52. The molecule has 0 aromatic rings. The fraction of sp³-hybridized carbons (Fsp3) is 1.00. The molecule has 0 aliphatic rings. The van der Waals surface area contributed by atoms with E-state index in [0.29, 0.717) is 6.04 Å². The highest BCUT2D eigenvalue weighted by Crippen LogP contribution is 2.02. The summed E-state index contributed by atoms with van der Waals surface area (Å²) in [5.74, 6) is 0. The SMILES string of the molecule is CCCCCN(CCNCCOC)C(C)C. The second kappa shape index (κ2) is 11.4. The molecular weight excluding hydrogens is 200 g/mol. The fourth-order valence-corrected chi connectivity index (χ4v) is 1.71. The molecule has 0 amide bonds. The van der Waals surface area contributed by atoms with Crippen LogP contribution in [0.3, 0.4) is 0 Å². The number of rotatable bonds is 11. The lowest BCUT2D eigenvalue weighted by Gasteiger charge is -2.26. The normalized spacial score (nSPS) is 11.6. The summed E-state index contributed by atoms with van der Waals surface area (Å²) in [5, 5.41) is 3.40. The summed E-state index contributed by atoms with van der Waals surface area (Å²) in [4.78, 5) is 2.55. The van der Waals surface area contributed by atoms with Gasteiger partial charge in [0.1, 0.15) is 0 Å². The number of methoxy groups -OCH3 is 1. The smallest absolute Gasteiger partial charge is 0.0587 e. The molecule has 0 atom stereocenters. The second-order valence-electron chi connectivity index (χ2n) is 4.58. The topological polar surface area (TPSA) is 24.5 Å². The molecule has 3 heteroatoms. The molecule has 0 rings (SSSR count). The number of hydrogen-bond acceptors (Lipinski definition) is 3. The monoisotopic (exact) mass is 230 g/mol. The van der Waals surface area contributed by atoms with Crippen molar-refractivity contribution in [2.24, 2.45) is 0 Å². The largest absolute Gasteiger partial charge is 0.383 e. The van der Waals surface area contributed by atoms with Gasteiger partial charge in [-0.05, 0) is 26.8 Å². The Bertz CT molecular complexity index is 140. The van der Waals surface area contributed by atoms with E-state index in [1.807, 2.05) is 0 Å². The predicted molar refractivity (Wildman–Crippen MR) is 71.0 cm³/mol. The molecule has 16 heavy (non-hydrogen) atoms. The van der Waals surface area contributed by atoms with Gasteiger partial charge in [0, 0.05) is 32.8 Å². The fourth-order valence-electron chi connectivity index (χ4n) is 1.71. The number of ether oxygens (including phenoxy) is 1. The van der Waals surface area contributed by atoms with Gasteiger partial charge >= 0.3 is 0 Å². The number of hydrogen-bond donors (Lipinski definition) is 1. The van der Waals surface area contributed by atoms with Gasteiger partial charge in [-0.2, -0.15) is 0 Å². The lowest BCUT2D eigenvalue weighted by molar-refractivity contribution is 0.190. The van der Waals surface area contributed by atoms with E-state index in [9.17, 15) is 0 Å². The Kier molecular flexibility index (Phi) is 11.3. The minimum Gasteiger partial charge on any atom is -0.383 e. The summed E-state index contributed by atoms with van der Waals surface area (Å²) in [6, 6.07) is 0.654. The van der Waals surface area contributed by atoms with Gasteiger partial charge in [-0.1, -0.05) is 19.8 Å². The van der Waals surface area contributed by atoms with Crippen LogP contribution in [0.2, 0.25) is 0 Å². The molecule has 3 nitrogen and oxygen atoms in total. The maximum absolute atomic E-state index is 5.00. The third-order valence-electron chi connectivity index (χ3n) is 2.84. The maximum atomic E-state index is 5.00. The lowest BCUT2D eigenvalue weighted by Crippen LogP contribution is -2.38. The van der Waals surface area contributed by atoms with Crippen molar-refractivity contribution in [1.29, 1.82) is 0 Å². The van der Waals surface area contributed by atoms with Gasteiger partial charge in [0.2, 0.25) is 0 Å². The Labute approximate surface area is 102 Å². The minimum absolute atomic E-state index is 0.654. The average molecular weight is 230 g/mol. The summed E-state index contributed by atoms with van der Waals surface area (Å²) in [6.45, 7) is 12.0. The van der Waals surface area contributed by atoms with Gasteiger partial charge in [-0.25, -0.2) is 0 Å². The van der Waals surface area contributed by atoms with Crippen molar-refractivity contribution < 1.29 is 4.74 Å². The van der Waals surface area contributed by atoms with Crippen LogP contribution in [-0.2, 0) is 4.74 Å². The van der Waals surface area contributed by atoms with Gasteiger partial charge in [-0.15, -0.1) is 0 Å². The quantitative estimate of drug-likeness (QED) is 0.550. The molecule has 98 valence electrons. The molecule has 0 spiro atoms. The third-order valence-corrected chi connectivity index (χ3v) is 2.84. The van der Waals surface area contributed by atoms with E-state index in [4.69, 9.17) is 4.74 Å². The van der Waals surface area contributed by atoms with Crippen LogP contribution in [0.25, 0.3) is 0 Å². The first-order valence-corrected chi connectivity index (χ1v) is 6.66. The van der Waals surface area contributed by atoms with Gasteiger partial charge < -0.3 is 10.1 Å². The Morgan fingerprint density at radius 3 is 2.44 bits per heavy atom. The molecule has 0 aromatic carbocycles. The Morgan fingerprint density at radius 2 is 1.88 bits per heavy atom.